The zero-order valence-electron chi connectivity index (χ0n) is 12.2. The number of rotatable bonds is 6. The van der Waals surface area contributed by atoms with E-state index in [1.54, 1.807) is 12.1 Å². The van der Waals surface area contributed by atoms with Crippen molar-refractivity contribution in [1.29, 1.82) is 0 Å². The van der Waals surface area contributed by atoms with E-state index in [9.17, 15) is 10.1 Å². The van der Waals surface area contributed by atoms with Crippen LogP contribution in [0.1, 0.15) is 19.0 Å². The van der Waals surface area contributed by atoms with Gasteiger partial charge >= 0.3 is 0 Å². The van der Waals surface area contributed by atoms with Gasteiger partial charge in [-0.05, 0) is 31.4 Å². The number of anilines is 1. The van der Waals surface area contributed by atoms with Crippen LogP contribution in [0.3, 0.4) is 0 Å². The largest absolute Gasteiger partial charge is 0.396 e. The SMILES string of the molecule is Cc1cc(NC[C@H](C)CCO)c2cc([N+](=O)[O-])ccc2n1. The van der Waals surface area contributed by atoms with Gasteiger partial charge < -0.3 is 10.4 Å². The molecule has 0 saturated heterocycles. The summed E-state index contributed by atoms with van der Waals surface area (Å²) in [5.41, 5.74) is 2.48. The van der Waals surface area contributed by atoms with Gasteiger partial charge in [-0.1, -0.05) is 6.92 Å². The zero-order chi connectivity index (χ0) is 15.4. The second-order valence-electron chi connectivity index (χ2n) is 5.27. The van der Waals surface area contributed by atoms with E-state index in [-0.39, 0.29) is 12.3 Å². The lowest BCUT2D eigenvalue weighted by Crippen LogP contribution is -2.13. The minimum atomic E-state index is -0.405. The fraction of sp³-hybridized carbons (Fsp3) is 0.400. The Balaban J connectivity index is 2.36. The molecule has 1 atom stereocenters. The van der Waals surface area contributed by atoms with Crippen LogP contribution in [-0.4, -0.2) is 28.2 Å². The lowest BCUT2D eigenvalue weighted by molar-refractivity contribution is -0.384. The summed E-state index contributed by atoms with van der Waals surface area (Å²) in [6, 6.07) is 6.56. The van der Waals surface area contributed by atoms with Crippen molar-refractivity contribution in [3.05, 3.63) is 40.1 Å². The summed E-state index contributed by atoms with van der Waals surface area (Å²) < 4.78 is 0. The second-order valence-corrected chi connectivity index (χ2v) is 5.27. The number of nitrogens with zero attached hydrogens (tertiary/aromatic N) is 2. The van der Waals surface area contributed by atoms with Crippen LogP contribution in [0.4, 0.5) is 11.4 Å². The number of aryl methyl sites for hydroxylation is 1. The molecule has 0 aliphatic carbocycles. The molecular weight excluding hydrogens is 270 g/mol. The van der Waals surface area contributed by atoms with Crippen LogP contribution in [0.2, 0.25) is 0 Å². The number of fused-ring (bicyclic) bond motifs is 1. The zero-order valence-corrected chi connectivity index (χ0v) is 12.2. The first-order chi connectivity index (χ1) is 10.0. The van der Waals surface area contributed by atoms with Crippen LogP contribution in [0.5, 0.6) is 0 Å². The average molecular weight is 289 g/mol. The van der Waals surface area contributed by atoms with Crippen LogP contribution in [-0.2, 0) is 0 Å². The molecule has 2 rings (SSSR count). The van der Waals surface area contributed by atoms with Gasteiger partial charge in [0.25, 0.3) is 5.69 Å². The Hall–Kier alpha value is -2.21. The van der Waals surface area contributed by atoms with Crippen LogP contribution in [0.25, 0.3) is 10.9 Å². The molecule has 1 aromatic carbocycles. The molecule has 6 nitrogen and oxygen atoms in total. The highest BCUT2D eigenvalue weighted by atomic mass is 16.6. The Morgan fingerprint density at radius 3 is 2.86 bits per heavy atom. The van der Waals surface area contributed by atoms with Crippen molar-refractivity contribution >= 4 is 22.3 Å². The lowest BCUT2D eigenvalue weighted by Gasteiger charge is -2.14. The first kappa shape index (κ1) is 15.2. The second kappa shape index (κ2) is 6.49. The highest BCUT2D eigenvalue weighted by Crippen LogP contribution is 2.27. The monoisotopic (exact) mass is 289 g/mol. The topological polar surface area (TPSA) is 88.3 Å². The Bertz CT molecular complexity index is 658. The van der Waals surface area contributed by atoms with Gasteiger partial charge in [0.1, 0.15) is 0 Å². The highest BCUT2D eigenvalue weighted by Gasteiger charge is 2.11. The molecule has 0 aliphatic rings. The molecule has 0 spiro atoms. The van der Waals surface area contributed by atoms with Gasteiger partial charge in [0.2, 0.25) is 0 Å². The van der Waals surface area contributed by atoms with E-state index in [1.807, 2.05) is 19.9 Å². The first-order valence-corrected chi connectivity index (χ1v) is 6.91. The number of aliphatic hydroxyl groups is 1. The van der Waals surface area contributed by atoms with Crippen molar-refractivity contribution < 1.29 is 10.0 Å². The molecule has 0 bridgehead atoms. The summed E-state index contributed by atoms with van der Waals surface area (Å²) >= 11 is 0. The minimum Gasteiger partial charge on any atom is -0.396 e. The summed E-state index contributed by atoms with van der Waals surface area (Å²) in [5.74, 6) is 0.317. The number of aliphatic hydroxyl groups excluding tert-OH is 1. The maximum atomic E-state index is 10.9. The number of nitrogens with one attached hydrogen (secondary N) is 1. The molecule has 0 saturated carbocycles. The van der Waals surface area contributed by atoms with Gasteiger partial charge in [0.15, 0.2) is 0 Å². The van der Waals surface area contributed by atoms with Gasteiger partial charge in [0.05, 0.1) is 10.4 Å². The van der Waals surface area contributed by atoms with E-state index >= 15 is 0 Å². The molecule has 0 unspecified atom stereocenters. The van der Waals surface area contributed by atoms with Gasteiger partial charge in [-0.2, -0.15) is 0 Å². The van der Waals surface area contributed by atoms with E-state index in [4.69, 9.17) is 5.11 Å². The standard InChI is InChI=1S/C15H19N3O3/c1-10(5-6-19)9-16-15-7-11(2)17-14-4-3-12(18(20)21)8-13(14)15/h3-4,7-8,10,19H,5-6,9H2,1-2H3,(H,16,17)/t10-/m1/s1. The predicted octanol–water partition coefficient (Wildman–Crippen LogP) is 2.88. The molecule has 2 N–H and O–H groups in total. The molecule has 0 radical (unpaired) electrons. The predicted molar refractivity (Wildman–Crippen MR) is 82.5 cm³/mol. The van der Waals surface area contributed by atoms with Crippen molar-refractivity contribution in [2.24, 2.45) is 5.92 Å². The van der Waals surface area contributed by atoms with E-state index in [2.05, 4.69) is 10.3 Å². The smallest absolute Gasteiger partial charge is 0.270 e. The third kappa shape index (κ3) is 3.66. The van der Waals surface area contributed by atoms with Gasteiger partial charge in [-0.3, -0.25) is 15.1 Å². The maximum Gasteiger partial charge on any atom is 0.270 e. The number of hydrogen-bond acceptors (Lipinski definition) is 5. The number of benzene rings is 1. The summed E-state index contributed by atoms with van der Waals surface area (Å²) in [4.78, 5) is 14.9. The van der Waals surface area contributed by atoms with Gasteiger partial charge in [-0.15, -0.1) is 0 Å². The van der Waals surface area contributed by atoms with Crippen LogP contribution in [0, 0.1) is 23.0 Å². The maximum absolute atomic E-state index is 10.9. The number of nitro groups is 1. The summed E-state index contributed by atoms with van der Waals surface area (Å²) in [7, 11) is 0. The molecule has 112 valence electrons. The molecule has 0 aliphatic heterocycles. The van der Waals surface area contributed by atoms with Crippen molar-refractivity contribution in [1.82, 2.24) is 4.98 Å². The molecular formula is C15H19N3O3. The van der Waals surface area contributed by atoms with Crippen molar-refractivity contribution in [3.8, 4) is 0 Å². The van der Waals surface area contributed by atoms with Crippen molar-refractivity contribution in [3.63, 3.8) is 0 Å². The van der Waals surface area contributed by atoms with E-state index in [0.717, 1.165) is 28.7 Å². The normalized spacial score (nSPS) is 12.3. The third-order valence-corrected chi connectivity index (χ3v) is 3.39. The Kier molecular flexibility index (Phi) is 4.70. The molecule has 21 heavy (non-hydrogen) atoms. The van der Waals surface area contributed by atoms with E-state index < -0.39 is 4.92 Å². The molecule has 2 aromatic rings. The Morgan fingerprint density at radius 2 is 2.19 bits per heavy atom. The summed E-state index contributed by atoms with van der Waals surface area (Å²) in [6.07, 6.45) is 0.717. The average Bonchev–Trinajstić information content (AvgIpc) is 2.44. The molecule has 0 fully saturated rings. The fourth-order valence-corrected chi connectivity index (χ4v) is 2.21. The lowest BCUT2D eigenvalue weighted by atomic mass is 10.1. The van der Waals surface area contributed by atoms with E-state index in [1.165, 1.54) is 6.07 Å². The van der Waals surface area contributed by atoms with Crippen LogP contribution >= 0.6 is 0 Å². The third-order valence-electron chi connectivity index (χ3n) is 3.39. The number of non-ortho nitro benzene ring substituents is 1. The van der Waals surface area contributed by atoms with Crippen LogP contribution in [0.15, 0.2) is 24.3 Å². The van der Waals surface area contributed by atoms with Gasteiger partial charge in [0, 0.05) is 42.1 Å². The van der Waals surface area contributed by atoms with Crippen LogP contribution < -0.4 is 5.32 Å². The molecule has 1 heterocycles. The minimum absolute atomic E-state index is 0.0552. The Morgan fingerprint density at radius 1 is 1.43 bits per heavy atom. The van der Waals surface area contributed by atoms with Crippen molar-refractivity contribution in [2.45, 2.75) is 20.3 Å². The number of nitro benzene ring substituents is 1. The fourth-order valence-electron chi connectivity index (χ4n) is 2.21. The molecule has 6 heteroatoms. The van der Waals surface area contributed by atoms with Crippen molar-refractivity contribution in [2.75, 3.05) is 18.5 Å². The number of pyridine rings is 1. The number of hydrogen-bond donors (Lipinski definition) is 2. The first-order valence-electron chi connectivity index (χ1n) is 6.91. The summed E-state index contributed by atoms with van der Waals surface area (Å²) in [6.45, 7) is 4.79. The highest BCUT2D eigenvalue weighted by molar-refractivity contribution is 5.93. The summed E-state index contributed by atoms with van der Waals surface area (Å²) in [5, 5.41) is 23.9. The Labute approximate surface area is 123 Å². The van der Waals surface area contributed by atoms with Gasteiger partial charge in [-0.25, -0.2) is 0 Å². The quantitative estimate of drug-likeness (QED) is 0.630. The number of aromatic nitrogens is 1. The van der Waals surface area contributed by atoms with E-state index in [0.29, 0.717) is 12.5 Å². The molecule has 1 aromatic heterocycles. The molecule has 0 amide bonds.